The summed E-state index contributed by atoms with van der Waals surface area (Å²) in [5, 5.41) is 7.37. The Morgan fingerprint density at radius 2 is 1.56 bits per heavy atom. The van der Waals surface area contributed by atoms with Crippen molar-refractivity contribution >= 4 is 52.0 Å². The lowest BCUT2D eigenvalue weighted by atomic mass is 10.2. The molecule has 0 atom stereocenters. The van der Waals surface area contributed by atoms with Gasteiger partial charge in [-0.1, -0.05) is 23.2 Å². The van der Waals surface area contributed by atoms with Gasteiger partial charge in [0.05, 0.1) is 10.0 Å². The highest BCUT2D eigenvalue weighted by atomic mass is 35.5. The molecule has 0 saturated carbocycles. The van der Waals surface area contributed by atoms with Gasteiger partial charge in [-0.3, -0.25) is 0 Å². The minimum absolute atomic E-state index is 0.486. The molecule has 5 nitrogen and oxygen atoms in total. The number of aromatic nitrogens is 2. The molecule has 1 aromatic heterocycles. The van der Waals surface area contributed by atoms with Crippen LogP contribution in [0.25, 0.3) is 0 Å². The maximum Gasteiger partial charge on any atom is 0.229 e. The Morgan fingerprint density at radius 1 is 0.840 bits per heavy atom. The minimum atomic E-state index is 0.486. The summed E-state index contributed by atoms with van der Waals surface area (Å²) in [6.07, 6.45) is 1.68. The lowest BCUT2D eigenvalue weighted by Crippen LogP contribution is -2.08. The molecule has 1 heterocycles. The molecule has 25 heavy (non-hydrogen) atoms. The number of nitrogens with zero attached hydrogens (tertiary/aromatic N) is 3. The minimum Gasteiger partial charge on any atom is -0.378 e. The van der Waals surface area contributed by atoms with E-state index in [-0.39, 0.29) is 0 Å². The fourth-order valence-electron chi connectivity index (χ4n) is 2.18. The molecule has 0 saturated heterocycles. The number of halogens is 2. The van der Waals surface area contributed by atoms with Crippen LogP contribution in [0.4, 0.5) is 28.8 Å². The SMILES string of the molecule is CN(C)c1ccc(Nc2nccc(Nc3ccc(Cl)c(Cl)c3)n2)cc1. The van der Waals surface area contributed by atoms with Crippen molar-refractivity contribution in [2.24, 2.45) is 0 Å². The molecule has 0 aliphatic heterocycles. The number of benzene rings is 2. The molecule has 2 N–H and O–H groups in total. The van der Waals surface area contributed by atoms with Gasteiger partial charge in [0.2, 0.25) is 5.95 Å². The van der Waals surface area contributed by atoms with Gasteiger partial charge in [0, 0.05) is 37.4 Å². The molecule has 3 aromatic rings. The number of rotatable bonds is 5. The smallest absolute Gasteiger partial charge is 0.229 e. The van der Waals surface area contributed by atoms with Gasteiger partial charge in [-0.15, -0.1) is 0 Å². The van der Waals surface area contributed by atoms with E-state index in [0.29, 0.717) is 21.8 Å². The van der Waals surface area contributed by atoms with Crippen molar-refractivity contribution in [2.75, 3.05) is 29.6 Å². The van der Waals surface area contributed by atoms with Crippen LogP contribution in [0.1, 0.15) is 0 Å². The van der Waals surface area contributed by atoms with Crippen LogP contribution in [0, 0.1) is 0 Å². The largest absolute Gasteiger partial charge is 0.378 e. The first-order chi connectivity index (χ1) is 12.0. The highest BCUT2D eigenvalue weighted by Crippen LogP contribution is 2.27. The molecule has 0 aliphatic carbocycles. The summed E-state index contributed by atoms with van der Waals surface area (Å²) >= 11 is 12.0. The molecule has 0 radical (unpaired) electrons. The van der Waals surface area contributed by atoms with Gasteiger partial charge in [0.1, 0.15) is 5.82 Å². The number of hydrogen-bond acceptors (Lipinski definition) is 5. The third kappa shape index (κ3) is 4.53. The first-order valence-corrected chi connectivity index (χ1v) is 8.36. The van der Waals surface area contributed by atoms with E-state index >= 15 is 0 Å². The van der Waals surface area contributed by atoms with Crippen molar-refractivity contribution in [1.82, 2.24) is 9.97 Å². The third-order valence-electron chi connectivity index (χ3n) is 3.49. The van der Waals surface area contributed by atoms with E-state index in [1.54, 1.807) is 24.4 Å². The molecule has 128 valence electrons. The van der Waals surface area contributed by atoms with Crippen molar-refractivity contribution in [3.8, 4) is 0 Å². The first kappa shape index (κ1) is 17.3. The Morgan fingerprint density at radius 3 is 2.24 bits per heavy atom. The van der Waals surface area contributed by atoms with Crippen molar-refractivity contribution < 1.29 is 0 Å². The summed E-state index contributed by atoms with van der Waals surface area (Å²) in [7, 11) is 4.01. The average molecular weight is 374 g/mol. The molecule has 2 aromatic carbocycles. The second kappa shape index (κ2) is 7.59. The maximum absolute atomic E-state index is 6.03. The zero-order valence-corrected chi connectivity index (χ0v) is 15.3. The second-order valence-electron chi connectivity index (χ2n) is 5.59. The highest BCUT2D eigenvalue weighted by molar-refractivity contribution is 6.42. The normalized spacial score (nSPS) is 10.4. The molecule has 0 bridgehead atoms. The van der Waals surface area contributed by atoms with Crippen molar-refractivity contribution in [1.29, 1.82) is 0 Å². The Kier molecular flexibility index (Phi) is 5.26. The molecule has 0 spiro atoms. The summed E-state index contributed by atoms with van der Waals surface area (Å²) in [5.74, 6) is 1.16. The molecule has 0 aliphatic rings. The van der Waals surface area contributed by atoms with E-state index in [9.17, 15) is 0 Å². The Bertz CT molecular complexity index is 866. The van der Waals surface area contributed by atoms with Gasteiger partial charge < -0.3 is 15.5 Å². The van der Waals surface area contributed by atoms with Gasteiger partial charge in [0.15, 0.2) is 0 Å². The van der Waals surface area contributed by atoms with Gasteiger partial charge >= 0.3 is 0 Å². The topological polar surface area (TPSA) is 53.1 Å². The predicted octanol–water partition coefficient (Wildman–Crippen LogP) is 5.34. The molecule has 0 unspecified atom stereocenters. The molecule has 7 heteroatoms. The Balaban J connectivity index is 1.73. The van der Waals surface area contributed by atoms with Crippen molar-refractivity contribution in [3.63, 3.8) is 0 Å². The van der Waals surface area contributed by atoms with Crippen LogP contribution in [0.5, 0.6) is 0 Å². The van der Waals surface area contributed by atoms with E-state index in [2.05, 4.69) is 20.6 Å². The molecule has 0 amide bonds. The van der Waals surface area contributed by atoms with Gasteiger partial charge in [-0.05, 0) is 48.5 Å². The fourth-order valence-corrected chi connectivity index (χ4v) is 2.48. The van der Waals surface area contributed by atoms with Crippen LogP contribution in [-0.2, 0) is 0 Å². The van der Waals surface area contributed by atoms with Crippen LogP contribution in [0.3, 0.4) is 0 Å². The van der Waals surface area contributed by atoms with Gasteiger partial charge in [-0.2, -0.15) is 4.98 Å². The van der Waals surface area contributed by atoms with Crippen LogP contribution in [-0.4, -0.2) is 24.1 Å². The van der Waals surface area contributed by atoms with E-state index < -0.39 is 0 Å². The summed E-state index contributed by atoms with van der Waals surface area (Å²) in [6, 6.07) is 15.1. The predicted molar refractivity (Wildman–Crippen MR) is 106 cm³/mol. The number of hydrogen-bond donors (Lipinski definition) is 2. The number of nitrogens with one attached hydrogen (secondary N) is 2. The van der Waals surface area contributed by atoms with Crippen LogP contribution < -0.4 is 15.5 Å². The third-order valence-corrected chi connectivity index (χ3v) is 4.23. The van der Waals surface area contributed by atoms with E-state index in [4.69, 9.17) is 23.2 Å². The quantitative estimate of drug-likeness (QED) is 0.632. The zero-order chi connectivity index (χ0) is 17.8. The standard InChI is InChI=1S/C18H17Cl2N5/c1-25(2)14-6-3-12(4-7-14)23-18-21-10-9-17(24-18)22-13-5-8-15(19)16(20)11-13/h3-11H,1-2H3,(H2,21,22,23,24). The zero-order valence-electron chi connectivity index (χ0n) is 13.8. The summed E-state index contributed by atoms with van der Waals surface area (Å²) in [4.78, 5) is 10.7. The van der Waals surface area contributed by atoms with E-state index in [1.807, 2.05) is 49.3 Å². The molecular weight excluding hydrogens is 357 g/mol. The van der Waals surface area contributed by atoms with Crippen LogP contribution in [0.2, 0.25) is 10.0 Å². The lowest BCUT2D eigenvalue weighted by Gasteiger charge is -2.13. The molecule has 3 rings (SSSR count). The lowest BCUT2D eigenvalue weighted by molar-refractivity contribution is 1.13. The monoisotopic (exact) mass is 373 g/mol. The summed E-state index contributed by atoms with van der Waals surface area (Å²) < 4.78 is 0. The molecule has 0 fully saturated rings. The molecular formula is C18H17Cl2N5. The van der Waals surface area contributed by atoms with Crippen molar-refractivity contribution in [3.05, 3.63) is 64.8 Å². The fraction of sp³-hybridized carbons (Fsp3) is 0.111. The van der Waals surface area contributed by atoms with Crippen LogP contribution >= 0.6 is 23.2 Å². The highest BCUT2D eigenvalue weighted by Gasteiger charge is 2.04. The van der Waals surface area contributed by atoms with Crippen molar-refractivity contribution in [2.45, 2.75) is 0 Å². The Labute approximate surface area is 156 Å². The van der Waals surface area contributed by atoms with Gasteiger partial charge in [0.25, 0.3) is 0 Å². The number of anilines is 5. The summed E-state index contributed by atoms with van der Waals surface area (Å²) in [5.41, 5.74) is 2.84. The maximum atomic E-state index is 6.03. The van der Waals surface area contributed by atoms with E-state index in [0.717, 1.165) is 17.1 Å². The van der Waals surface area contributed by atoms with Crippen LogP contribution in [0.15, 0.2) is 54.7 Å². The average Bonchev–Trinajstić information content (AvgIpc) is 2.59. The first-order valence-electron chi connectivity index (χ1n) is 7.61. The summed E-state index contributed by atoms with van der Waals surface area (Å²) in [6.45, 7) is 0. The van der Waals surface area contributed by atoms with Gasteiger partial charge in [-0.25, -0.2) is 4.98 Å². The van der Waals surface area contributed by atoms with E-state index in [1.165, 1.54) is 0 Å². The second-order valence-corrected chi connectivity index (χ2v) is 6.40. The Hall–Kier alpha value is -2.50.